The second kappa shape index (κ2) is 13.2. The van der Waals surface area contributed by atoms with E-state index in [0.29, 0.717) is 36.7 Å². The van der Waals surface area contributed by atoms with Gasteiger partial charge in [-0.2, -0.15) is 9.97 Å². The largest absolute Gasteiger partial charge is 0.497 e. The fraction of sp³-hybridized carbons (Fsp3) is 0.300. The van der Waals surface area contributed by atoms with E-state index in [9.17, 15) is 0 Å². The van der Waals surface area contributed by atoms with Crippen LogP contribution in [0.25, 0.3) is 11.2 Å². The molecule has 0 aliphatic heterocycles. The number of anilines is 1. The van der Waals surface area contributed by atoms with Crippen LogP contribution in [0.4, 0.5) is 5.82 Å². The van der Waals surface area contributed by atoms with Crippen molar-refractivity contribution in [1.29, 1.82) is 0 Å². The van der Waals surface area contributed by atoms with Crippen LogP contribution in [0.1, 0.15) is 25.3 Å². The Morgan fingerprint density at radius 3 is 2.79 bits per heavy atom. The molecule has 0 atom stereocenters. The molecule has 0 radical (unpaired) electrons. The number of hydrogen-bond donors (Lipinski definition) is 0. The maximum absolute atomic E-state index is 6.31. The van der Waals surface area contributed by atoms with Gasteiger partial charge in [0, 0.05) is 30.3 Å². The molecular formula is C30H34ClN5O3. The molecule has 0 unspecified atom stereocenters. The van der Waals surface area contributed by atoms with Gasteiger partial charge in [-0.25, -0.2) is 4.98 Å². The van der Waals surface area contributed by atoms with Gasteiger partial charge in [-0.1, -0.05) is 48.6 Å². The third kappa shape index (κ3) is 6.89. The van der Waals surface area contributed by atoms with E-state index >= 15 is 0 Å². The van der Waals surface area contributed by atoms with E-state index in [1.54, 1.807) is 26.6 Å². The first-order chi connectivity index (χ1) is 18.9. The summed E-state index contributed by atoms with van der Waals surface area (Å²) in [5, 5.41) is 0.856. The second-order valence-corrected chi connectivity index (χ2v) is 9.57. The van der Waals surface area contributed by atoms with Crippen molar-refractivity contribution in [3.8, 4) is 17.5 Å². The summed E-state index contributed by atoms with van der Waals surface area (Å²) >= 11 is 6.31. The average molecular weight is 548 g/mol. The molecule has 0 saturated carbocycles. The summed E-state index contributed by atoms with van der Waals surface area (Å²) in [6, 6.07) is 6.03. The molecule has 39 heavy (non-hydrogen) atoms. The van der Waals surface area contributed by atoms with Crippen LogP contribution in [0.5, 0.6) is 17.5 Å². The average Bonchev–Trinajstić information content (AvgIpc) is 3.34. The number of aromatic nitrogens is 4. The molecule has 0 amide bonds. The SMILES string of the molecule is C=C/C=C(\C=C/C)COc1nc(N(C)Cc2ccc(OC)cc2OC)c2ncn(CC3=CCCC(Cl)=C3)c2n1. The van der Waals surface area contributed by atoms with Gasteiger partial charge >= 0.3 is 6.01 Å². The van der Waals surface area contributed by atoms with Gasteiger partial charge in [0.05, 0.1) is 27.1 Å². The standard InChI is InChI=1S/C30H34ClN5O3/c1-6-9-21(10-7-2)19-39-30-33-28(35(3)18-23-13-14-25(37-4)16-26(23)38-5)27-29(34-30)36(20-32-27)17-22-11-8-12-24(31)15-22/h6-7,9-11,13-16,20H,1,8,12,17-19H2,2-5H3/b10-7-,21-9+. The van der Waals surface area contributed by atoms with Gasteiger partial charge in [0.25, 0.3) is 0 Å². The number of ether oxygens (including phenoxy) is 3. The molecule has 3 aromatic rings. The Balaban J connectivity index is 1.72. The number of hydrogen-bond acceptors (Lipinski definition) is 7. The molecule has 9 heteroatoms. The van der Waals surface area contributed by atoms with Crippen LogP contribution in [0.2, 0.25) is 0 Å². The molecule has 1 aromatic carbocycles. The first-order valence-electron chi connectivity index (χ1n) is 12.7. The molecule has 0 bridgehead atoms. The Hall–Kier alpha value is -4.04. The molecule has 4 rings (SSSR count). The van der Waals surface area contributed by atoms with E-state index in [1.165, 1.54) is 0 Å². The molecule has 2 heterocycles. The lowest BCUT2D eigenvalue weighted by Gasteiger charge is -2.21. The molecule has 1 aliphatic carbocycles. The predicted octanol–water partition coefficient (Wildman–Crippen LogP) is 6.39. The lowest BCUT2D eigenvalue weighted by molar-refractivity contribution is 0.327. The van der Waals surface area contributed by atoms with Crippen molar-refractivity contribution in [1.82, 2.24) is 19.5 Å². The third-order valence-corrected chi connectivity index (χ3v) is 6.55. The normalized spacial score (nSPS) is 13.8. The van der Waals surface area contributed by atoms with Crippen LogP contribution in [-0.4, -0.2) is 47.4 Å². The minimum atomic E-state index is 0.262. The molecule has 204 valence electrons. The lowest BCUT2D eigenvalue weighted by atomic mass is 10.1. The zero-order valence-corrected chi connectivity index (χ0v) is 23.6. The van der Waals surface area contributed by atoms with Crippen molar-refractivity contribution < 1.29 is 14.2 Å². The Morgan fingerprint density at radius 2 is 2.08 bits per heavy atom. The molecule has 1 aliphatic rings. The summed E-state index contributed by atoms with van der Waals surface area (Å²) in [4.78, 5) is 16.3. The summed E-state index contributed by atoms with van der Waals surface area (Å²) < 4.78 is 19.1. The van der Waals surface area contributed by atoms with Crippen LogP contribution >= 0.6 is 11.6 Å². The van der Waals surface area contributed by atoms with Crippen molar-refractivity contribution in [2.24, 2.45) is 0 Å². The Morgan fingerprint density at radius 1 is 1.23 bits per heavy atom. The third-order valence-electron chi connectivity index (χ3n) is 6.25. The molecule has 0 saturated heterocycles. The Kier molecular flexibility index (Phi) is 9.44. The highest BCUT2D eigenvalue weighted by Crippen LogP contribution is 2.30. The number of imidazole rings is 1. The van der Waals surface area contributed by atoms with Gasteiger partial charge in [-0.05, 0) is 49.1 Å². The monoisotopic (exact) mass is 547 g/mol. The molecule has 8 nitrogen and oxygen atoms in total. The van der Waals surface area contributed by atoms with Crippen molar-refractivity contribution >= 4 is 28.6 Å². The Bertz CT molecular complexity index is 1450. The van der Waals surface area contributed by atoms with Gasteiger partial charge in [0.1, 0.15) is 18.1 Å². The minimum absolute atomic E-state index is 0.262. The molecule has 2 aromatic heterocycles. The highest BCUT2D eigenvalue weighted by Gasteiger charge is 2.20. The second-order valence-electron chi connectivity index (χ2n) is 9.08. The van der Waals surface area contributed by atoms with Crippen LogP contribution in [0.15, 0.2) is 83.7 Å². The van der Waals surface area contributed by atoms with E-state index in [-0.39, 0.29) is 6.01 Å². The van der Waals surface area contributed by atoms with E-state index in [0.717, 1.165) is 46.1 Å². The number of allylic oxidation sites excluding steroid dienone is 7. The van der Waals surface area contributed by atoms with E-state index in [2.05, 4.69) is 12.7 Å². The summed E-state index contributed by atoms with van der Waals surface area (Å²) in [5.41, 5.74) is 4.41. The number of benzene rings is 1. The molecule has 0 fully saturated rings. The fourth-order valence-corrected chi connectivity index (χ4v) is 4.62. The quantitative estimate of drug-likeness (QED) is 0.243. The van der Waals surface area contributed by atoms with Gasteiger partial charge in [0.15, 0.2) is 17.0 Å². The van der Waals surface area contributed by atoms with Gasteiger partial charge in [-0.3, -0.25) is 0 Å². The van der Waals surface area contributed by atoms with Crippen molar-refractivity contribution in [3.05, 3.63) is 89.3 Å². The van der Waals surface area contributed by atoms with E-state index < -0.39 is 0 Å². The van der Waals surface area contributed by atoms with E-state index in [4.69, 9.17) is 40.8 Å². The highest BCUT2D eigenvalue weighted by atomic mass is 35.5. The maximum atomic E-state index is 6.31. The number of halogens is 1. The summed E-state index contributed by atoms with van der Waals surface area (Å²) in [6.45, 7) is 7.17. The van der Waals surface area contributed by atoms with Crippen molar-refractivity contribution in [3.63, 3.8) is 0 Å². The fourth-order valence-electron chi connectivity index (χ4n) is 4.37. The highest BCUT2D eigenvalue weighted by molar-refractivity contribution is 6.29. The predicted molar refractivity (Wildman–Crippen MR) is 157 cm³/mol. The van der Waals surface area contributed by atoms with E-state index in [1.807, 2.05) is 65.9 Å². The summed E-state index contributed by atoms with van der Waals surface area (Å²) in [5.74, 6) is 2.11. The molecular weight excluding hydrogens is 514 g/mol. The van der Waals surface area contributed by atoms with Gasteiger partial charge in [0.2, 0.25) is 0 Å². The van der Waals surface area contributed by atoms with Crippen molar-refractivity contribution in [2.45, 2.75) is 32.9 Å². The smallest absolute Gasteiger partial charge is 0.320 e. The number of nitrogens with zero attached hydrogens (tertiary/aromatic N) is 5. The summed E-state index contributed by atoms with van der Waals surface area (Å²) in [7, 11) is 5.24. The maximum Gasteiger partial charge on any atom is 0.320 e. The molecule has 0 N–H and O–H groups in total. The first kappa shape index (κ1) is 28.0. The topological polar surface area (TPSA) is 74.5 Å². The van der Waals surface area contributed by atoms with Gasteiger partial charge in [-0.15, -0.1) is 0 Å². The molecule has 0 spiro atoms. The zero-order chi connectivity index (χ0) is 27.8. The number of methoxy groups -OCH3 is 2. The number of rotatable bonds is 12. The van der Waals surface area contributed by atoms with Crippen molar-refractivity contribution in [2.75, 3.05) is 32.8 Å². The lowest BCUT2D eigenvalue weighted by Crippen LogP contribution is -2.20. The minimum Gasteiger partial charge on any atom is -0.497 e. The Labute approximate surface area is 234 Å². The summed E-state index contributed by atoms with van der Waals surface area (Å²) in [6.07, 6.45) is 15.3. The zero-order valence-electron chi connectivity index (χ0n) is 22.9. The van der Waals surface area contributed by atoms with Gasteiger partial charge < -0.3 is 23.7 Å². The van der Waals surface area contributed by atoms with Crippen LogP contribution in [-0.2, 0) is 13.1 Å². The number of fused-ring (bicyclic) bond motifs is 1. The first-order valence-corrected chi connectivity index (χ1v) is 13.1. The van der Waals surface area contributed by atoms with Crippen LogP contribution in [0, 0.1) is 0 Å². The van der Waals surface area contributed by atoms with Crippen LogP contribution in [0.3, 0.4) is 0 Å². The van der Waals surface area contributed by atoms with Crippen LogP contribution < -0.4 is 19.1 Å².